The zero-order valence-corrected chi connectivity index (χ0v) is 13.0. The summed E-state index contributed by atoms with van der Waals surface area (Å²) in [6, 6.07) is 4.83. The van der Waals surface area contributed by atoms with Gasteiger partial charge in [0.25, 0.3) is 0 Å². The van der Waals surface area contributed by atoms with Crippen molar-refractivity contribution >= 4 is 5.91 Å². The molecule has 2 heterocycles. The molecule has 0 saturated carbocycles. The molecule has 1 aromatic carbocycles. The molecule has 0 spiro atoms. The van der Waals surface area contributed by atoms with Crippen LogP contribution in [0, 0.1) is 17.5 Å². The maximum Gasteiger partial charge on any atom is 0.227 e. The van der Waals surface area contributed by atoms with Crippen LogP contribution in [0.4, 0.5) is 13.2 Å². The second kappa shape index (κ2) is 7.03. The van der Waals surface area contributed by atoms with Crippen LogP contribution >= 0.6 is 0 Å². The molecule has 1 fully saturated rings. The average Bonchev–Trinajstić information content (AvgIpc) is 2.60. The Balaban J connectivity index is 1.81. The third kappa shape index (κ3) is 3.42. The number of nitrogens with zero attached hydrogens (tertiary/aromatic N) is 2. The van der Waals surface area contributed by atoms with Crippen LogP contribution in [0.1, 0.15) is 36.4 Å². The SMILES string of the molecule is O=C(Cc1cc(F)c(F)cc1F)N1CCCCC1c1cccnc1. The van der Waals surface area contributed by atoms with Crippen molar-refractivity contribution in [2.24, 2.45) is 0 Å². The zero-order chi connectivity index (χ0) is 17.1. The third-order valence-electron chi connectivity index (χ3n) is 4.32. The van der Waals surface area contributed by atoms with Gasteiger partial charge in [-0.25, -0.2) is 13.2 Å². The molecule has 24 heavy (non-hydrogen) atoms. The molecular formula is C18H17F3N2O. The summed E-state index contributed by atoms with van der Waals surface area (Å²) in [4.78, 5) is 18.4. The van der Waals surface area contributed by atoms with Gasteiger partial charge < -0.3 is 4.90 Å². The highest BCUT2D eigenvalue weighted by Crippen LogP contribution is 2.31. The number of carbonyl (C=O) groups is 1. The molecule has 1 unspecified atom stereocenters. The van der Waals surface area contributed by atoms with Gasteiger partial charge in [0, 0.05) is 30.6 Å². The number of carbonyl (C=O) groups excluding carboxylic acids is 1. The average molecular weight is 334 g/mol. The van der Waals surface area contributed by atoms with Crippen molar-refractivity contribution < 1.29 is 18.0 Å². The smallest absolute Gasteiger partial charge is 0.227 e. The number of halogens is 3. The lowest BCUT2D eigenvalue weighted by molar-refractivity contribution is -0.134. The predicted molar refractivity (Wildman–Crippen MR) is 82.6 cm³/mol. The topological polar surface area (TPSA) is 33.2 Å². The lowest BCUT2D eigenvalue weighted by Crippen LogP contribution is -2.39. The molecule has 6 heteroatoms. The third-order valence-corrected chi connectivity index (χ3v) is 4.32. The number of likely N-dealkylation sites (tertiary alicyclic amines) is 1. The molecule has 1 amide bonds. The number of piperidine rings is 1. The van der Waals surface area contributed by atoms with E-state index in [2.05, 4.69) is 4.98 Å². The Morgan fingerprint density at radius 3 is 2.71 bits per heavy atom. The Morgan fingerprint density at radius 1 is 1.17 bits per heavy atom. The normalized spacial score (nSPS) is 17.8. The van der Waals surface area contributed by atoms with Gasteiger partial charge in [-0.15, -0.1) is 0 Å². The van der Waals surface area contributed by atoms with E-state index in [1.807, 2.05) is 12.1 Å². The van der Waals surface area contributed by atoms with Crippen LogP contribution in [-0.4, -0.2) is 22.3 Å². The van der Waals surface area contributed by atoms with E-state index < -0.39 is 17.5 Å². The molecule has 126 valence electrons. The van der Waals surface area contributed by atoms with Crippen molar-refractivity contribution in [3.05, 3.63) is 65.2 Å². The summed E-state index contributed by atoms with van der Waals surface area (Å²) >= 11 is 0. The molecule has 1 aromatic heterocycles. The highest BCUT2D eigenvalue weighted by atomic mass is 19.2. The van der Waals surface area contributed by atoms with Crippen LogP contribution in [0.3, 0.4) is 0 Å². The molecular weight excluding hydrogens is 317 g/mol. The van der Waals surface area contributed by atoms with Crippen molar-refractivity contribution in [1.29, 1.82) is 0 Å². The molecule has 3 nitrogen and oxygen atoms in total. The fourth-order valence-corrected chi connectivity index (χ4v) is 3.11. The first-order valence-electron chi connectivity index (χ1n) is 7.89. The highest BCUT2D eigenvalue weighted by molar-refractivity contribution is 5.79. The van der Waals surface area contributed by atoms with E-state index in [1.54, 1.807) is 17.3 Å². The van der Waals surface area contributed by atoms with Crippen LogP contribution in [0.15, 0.2) is 36.7 Å². The van der Waals surface area contributed by atoms with E-state index >= 15 is 0 Å². The van der Waals surface area contributed by atoms with Crippen LogP contribution in [0.5, 0.6) is 0 Å². The number of amides is 1. The zero-order valence-electron chi connectivity index (χ0n) is 13.0. The molecule has 0 bridgehead atoms. The van der Waals surface area contributed by atoms with Crippen LogP contribution < -0.4 is 0 Å². The van der Waals surface area contributed by atoms with Gasteiger partial charge in [0.05, 0.1) is 12.5 Å². The van der Waals surface area contributed by atoms with Crippen molar-refractivity contribution in [3.63, 3.8) is 0 Å². The minimum atomic E-state index is -1.25. The minimum absolute atomic E-state index is 0.117. The first kappa shape index (κ1) is 16.5. The Bertz CT molecular complexity index is 737. The van der Waals surface area contributed by atoms with Crippen molar-refractivity contribution in [2.45, 2.75) is 31.7 Å². The monoisotopic (exact) mass is 334 g/mol. The van der Waals surface area contributed by atoms with Crippen LogP contribution in [0.25, 0.3) is 0 Å². The molecule has 0 N–H and O–H groups in total. The minimum Gasteiger partial charge on any atom is -0.335 e. The highest BCUT2D eigenvalue weighted by Gasteiger charge is 2.28. The molecule has 1 aliphatic heterocycles. The molecule has 1 saturated heterocycles. The number of hydrogen-bond donors (Lipinski definition) is 0. The number of hydrogen-bond acceptors (Lipinski definition) is 2. The summed E-state index contributed by atoms with van der Waals surface area (Å²) in [6.07, 6.45) is 5.74. The first-order chi connectivity index (χ1) is 11.6. The Hall–Kier alpha value is -2.37. The van der Waals surface area contributed by atoms with E-state index in [9.17, 15) is 18.0 Å². The fourth-order valence-electron chi connectivity index (χ4n) is 3.11. The first-order valence-corrected chi connectivity index (χ1v) is 7.89. The van der Waals surface area contributed by atoms with Crippen molar-refractivity contribution in [2.75, 3.05) is 6.54 Å². The molecule has 0 aliphatic carbocycles. The second-order valence-corrected chi connectivity index (χ2v) is 5.92. The Kier molecular flexibility index (Phi) is 4.83. The lowest BCUT2D eigenvalue weighted by Gasteiger charge is -2.36. The molecule has 2 aromatic rings. The summed E-state index contributed by atoms with van der Waals surface area (Å²) < 4.78 is 40.1. The fraction of sp³-hybridized carbons (Fsp3) is 0.333. The number of pyridine rings is 1. The van der Waals surface area contributed by atoms with Crippen molar-refractivity contribution in [3.8, 4) is 0 Å². The van der Waals surface area contributed by atoms with Gasteiger partial charge in [-0.1, -0.05) is 6.07 Å². The van der Waals surface area contributed by atoms with Gasteiger partial charge >= 0.3 is 0 Å². The van der Waals surface area contributed by atoms with E-state index in [4.69, 9.17) is 0 Å². The summed E-state index contributed by atoms with van der Waals surface area (Å²) in [5.74, 6) is -3.61. The van der Waals surface area contributed by atoms with E-state index in [1.165, 1.54) is 0 Å². The molecule has 0 radical (unpaired) electrons. The van der Waals surface area contributed by atoms with Gasteiger partial charge in [0.2, 0.25) is 5.91 Å². The van der Waals surface area contributed by atoms with Gasteiger partial charge in [-0.2, -0.15) is 0 Å². The van der Waals surface area contributed by atoms with Gasteiger partial charge in [-0.3, -0.25) is 9.78 Å². The second-order valence-electron chi connectivity index (χ2n) is 5.92. The Morgan fingerprint density at radius 2 is 1.96 bits per heavy atom. The molecule has 1 atom stereocenters. The van der Waals surface area contributed by atoms with Gasteiger partial charge in [0.15, 0.2) is 11.6 Å². The van der Waals surface area contributed by atoms with Crippen LogP contribution in [0.2, 0.25) is 0 Å². The standard InChI is InChI=1S/C18H17F3N2O/c19-14-10-16(21)15(20)8-13(14)9-18(24)23-7-2-1-5-17(23)12-4-3-6-22-11-12/h3-4,6,8,10-11,17H,1-2,5,7,9H2. The lowest BCUT2D eigenvalue weighted by atomic mass is 9.95. The maximum atomic E-state index is 13.8. The van der Waals surface area contributed by atoms with E-state index in [0.29, 0.717) is 12.6 Å². The van der Waals surface area contributed by atoms with Crippen LogP contribution in [-0.2, 0) is 11.2 Å². The van der Waals surface area contributed by atoms with E-state index in [0.717, 1.165) is 30.9 Å². The van der Waals surface area contributed by atoms with Crippen molar-refractivity contribution in [1.82, 2.24) is 9.88 Å². The number of aromatic nitrogens is 1. The Labute approximate surface area is 138 Å². The number of rotatable bonds is 3. The summed E-state index contributed by atoms with van der Waals surface area (Å²) in [5.41, 5.74) is 0.797. The largest absolute Gasteiger partial charge is 0.335 e. The van der Waals surface area contributed by atoms with E-state index in [-0.39, 0.29) is 23.9 Å². The maximum absolute atomic E-state index is 13.8. The molecule has 3 rings (SSSR count). The quantitative estimate of drug-likeness (QED) is 0.800. The number of benzene rings is 1. The predicted octanol–water partition coefficient (Wildman–Crippen LogP) is 3.80. The molecule has 1 aliphatic rings. The summed E-state index contributed by atoms with van der Waals surface area (Å²) in [7, 11) is 0. The summed E-state index contributed by atoms with van der Waals surface area (Å²) in [5, 5.41) is 0. The van der Waals surface area contributed by atoms with Gasteiger partial charge in [-0.05, 0) is 37.0 Å². The summed E-state index contributed by atoms with van der Waals surface area (Å²) in [6.45, 7) is 0.559. The van der Waals surface area contributed by atoms with Gasteiger partial charge in [0.1, 0.15) is 5.82 Å².